The highest BCUT2D eigenvalue weighted by Crippen LogP contribution is 2.24. The maximum Gasteiger partial charge on any atom is 0.243 e. The molecular weight excluding hydrogens is 422 g/mol. The van der Waals surface area contributed by atoms with E-state index in [1.165, 1.54) is 0 Å². The molecule has 0 spiro atoms. The van der Waals surface area contributed by atoms with Crippen LogP contribution in [-0.2, 0) is 22.6 Å². The van der Waals surface area contributed by atoms with Crippen molar-refractivity contribution in [2.75, 3.05) is 13.7 Å². The largest absolute Gasteiger partial charge is 0.497 e. The summed E-state index contributed by atoms with van der Waals surface area (Å²) in [6.07, 6.45) is 2.59. The van der Waals surface area contributed by atoms with Crippen LogP contribution in [0, 0.1) is 0 Å². The normalized spacial score (nSPS) is 15.5. The fourth-order valence-electron chi connectivity index (χ4n) is 3.92. The number of rotatable bonds is 8. The Bertz CT molecular complexity index is 1050. The van der Waals surface area contributed by atoms with Crippen LogP contribution in [0.3, 0.4) is 0 Å². The van der Waals surface area contributed by atoms with Gasteiger partial charge in [-0.15, -0.1) is 11.3 Å². The molecule has 3 aromatic rings. The van der Waals surface area contributed by atoms with Crippen LogP contribution in [0.5, 0.6) is 5.75 Å². The molecule has 32 heavy (non-hydrogen) atoms. The Balaban J connectivity index is 1.29. The lowest BCUT2D eigenvalue weighted by Crippen LogP contribution is -2.45. The second-order valence-corrected chi connectivity index (χ2v) is 8.68. The van der Waals surface area contributed by atoms with Crippen molar-refractivity contribution in [3.8, 4) is 16.3 Å². The summed E-state index contributed by atoms with van der Waals surface area (Å²) < 4.78 is 5.17. The number of nitrogens with one attached hydrogen (secondary N) is 1. The smallest absolute Gasteiger partial charge is 0.243 e. The molecule has 1 unspecified atom stereocenters. The van der Waals surface area contributed by atoms with Gasteiger partial charge in [-0.25, -0.2) is 4.98 Å². The summed E-state index contributed by atoms with van der Waals surface area (Å²) in [6.45, 7) is 1.00. The zero-order valence-corrected chi connectivity index (χ0v) is 18.9. The summed E-state index contributed by atoms with van der Waals surface area (Å²) in [5, 5.41) is 5.88. The standard InChI is InChI=1S/C25H27N3O3S/c1-31-21-12-9-18(10-13-21)11-14-23(29)28-15-5-8-22(28)24(30)26-16-20-17-32-25(27-20)19-6-3-2-4-7-19/h2-4,6-7,9-10,12-13,17,22H,5,8,11,14-16H2,1H3,(H,26,30). The number of carbonyl (C=O) groups is 2. The Labute approximate surface area is 192 Å². The van der Waals surface area contributed by atoms with Crippen molar-refractivity contribution in [3.63, 3.8) is 0 Å². The van der Waals surface area contributed by atoms with E-state index in [1.807, 2.05) is 60.0 Å². The quantitative estimate of drug-likeness (QED) is 0.563. The number of ether oxygens (including phenoxy) is 1. The minimum Gasteiger partial charge on any atom is -0.497 e. The van der Waals surface area contributed by atoms with E-state index in [-0.39, 0.29) is 11.8 Å². The predicted octanol–water partition coefficient (Wildman–Crippen LogP) is 4.06. The highest BCUT2D eigenvalue weighted by atomic mass is 32.1. The lowest BCUT2D eigenvalue weighted by Gasteiger charge is -2.24. The van der Waals surface area contributed by atoms with E-state index in [2.05, 4.69) is 10.3 Å². The molecule has 2 aromatic carbocycles. The molecule has 7 heteroatoms. The summed E-state index contributed by atoms with van der Waals surface area (Å²) >= 11 is 1.56. The number of carbonyl (C=O) groups excluding carboxylic acids is 2. The number of amides is 2. The molecule has 1 aliphatic heterocycles. The molecule has 1 fully saturated rings. The minimum atomic E-state index is -0.398. The van der Waals surface area contributed by atoms with Crippen molar-refractivity contribution >= 4 is 23.2 Å². The van der Waals surface area contributed by atoms with Crippen LogP contribution < -0.4 is 10.1 Å². The molecule has 0 aliphatic carbocycles. The first-order chi connectivity index (χ1) is 15.6. The molecule has 4 rings (SSSR count). The molecule has 1 N–H and O–H groups in total. The van der Waals surface area contributed by atoms with Crippen LogP contribution in [0.25, 0.3) is 10.6 Å². The molecule has 2 heterocycles. The number of aromatic nitrogens is 1. The number of thiazole rings is 1. The van der Waals surface area contributed by atoms with Gasteiger partial charge in [0, 0.05) is 23.9 Å². The van der Waals surface area contributed by atoms with Gasteiger partial charge >= 0.3 is 0 Å². The minimum absolute atomic E-state index is 0.0264. The van der Waals surface area contributed by atoms with Gasteiger partial charge in [0.25, 0.3) is 0 Å². The van der Waals surface area contributed by atoms with E-state index in [0.29, 0.717) is 32.4 Å². The Morgan fingerprint density at radius 1 is 1.16 bits per heavy atom. The molecule has 1 aliphatic rings. The van der Waals surface area contributed by atoms with Gasteiger partial charge in [0.2, 0.25) is 11.8 Å². The van der Waals surface area contributed by atoms with Crippen molar-refractivity contribution < 1.29 is 14.3 Å². The number of hydrogen-bond acceptors (Lipinski definition) is 5. The molecule has 166 valence electrons. The van der Waals surface area contributed by atoms with Crippen LogP contribution in [0.15, 0.2) is 60.0 Å². The van der Waals surface area contributed by atoms with E-state index in [1.54, 1.807) is 23.3 Å². The molecule has 6 nitrogen and oxygen atoms in total. The molecule has 1 aromatic heterocycles. The number of methoxy groups -OCH3 is 1. The monoisotopic (exact) mass is 449 g/mol. The maximum atomic E-state index is 12.8. The van der Waals surface area contributed by atoms with Gasteiger partial charge in [-0.05, 0) is 37.0 Å². The Morgan fingerprint density at radius 3 is 2.69 bits per heavy atom. The highest BCUT2D eigenvalue weighted by Gasteiger charge is 2.33. The van der Waals surface area contributed by atoms with Crippen LogP contribution in [-0.4, -0.2) is 41.4 Å². The Hall–Kier alpha value is -3.19. The third-order valence-corrected chi connectivity index (χ3v) is 6.62. The predicted molar refractivity (Wildman–Crippen MR) is 125 cm³/mol. The molecule has 0 radical (unpaired) electrons. The number of likely N-dealkylation sites (tertiary alicyclic amines) is 1. The van der Waals surface area contributed by atoms with Crippen molar-refractivity contribution in [2.24, 2.45) is 0 Å². The van der Waals surface area contributed by atoms with Gasteiger partial charge < -0.3 is 15.0 Å². The van der Waals surface area contributed by atoms with Crippen LogP contribution in [0.2, 0.25) is 0 Å². The molecule has 2 amide bonds. The third-order valence-electron chi connectivity index (χ3n) is 5.68. The van der Waals surface area contributed by atoms with Gasteiger partial charge in [0.1, 0.15) is 16.8 Å². The molecule has 1 atom stereocenters. The second kappa shape index (κ2) is 10.4. The fourth-order valence-corrected chi connectivity index (χ4v) is 4.75. The van der Waals surface area contributed by atoms with Crippen LogP contribution in [0.4, 0.5) is 0 Å². The lowest BCUT2D eigenvalue weighted by atomic mass is 10.1. The van der Waals surface area contributed by atoms with Gasteiger partial charge in [-0.3, -0.25) is 9.59 Å². The SMILES string of the molecule is COc1ccc(CCC(=O)N2CCCC2C(=O)NCc2csc(-c3ccccc3)n2)cc1. The topological polar surface area (TPSA) is 71.5 Å². The summed E-state index contributed by atoms with van der Waals surface area (Å²) in [5.41, 5.74) is 2.98. The Morgan fingerprint density at radius 2 is 1.94 bits per heavy atom. The van der Waals surface area contributed by atoms with Gasteiger partial charge in [0.15, 0.2) is 0 Å². The first kappa shape index (κ1) is 22.0. The van der Waals surface area contributed by atoms with E-state index in [4.69, 9.17) is 4.74 Å². The number of nitrogens with zero attached hydrogens (tertiary/aromatic N) is 2. The lowest BCUT2D eigenvalue weighted by molar-refractivity contribution is -0.138. The van der Waals surface area contributed by atoms with E-state index < -0.39 is 6.04 Å². The highest BCUT2D eigenvalue weighted by molar-refractivity contribution is 7.13. The average molecular weight is 450 g/mol. The van der Waals surface area contributed by atoms with E-state index in [0.717, 1.165) is 34.0 Å². The molecule has 1 saturated heterocycles. The summed E-state index contributed by atoms with van der Waals surface area (Å²) in [4.78, 5) is 32.0. The molecule has 0 saturated carbocycles. The summed E-state index contributed by atoms with van der Waals surface area (Å²) in [5.74, 6) is 0.723. The van der Waals surface area contributed by atoms with Gasteiger partial charge in [-0.2, -0.15) is 0 Å². The number of benzene rings is 2. The van der Waals surface area contributed by atoms with Gasteiger partial charge in [-0.1, -0.05) is 42.5 Å². The first-order valence-electron chi connectivity index (χ1n) is 10.8. The van der Waals surface area contributed by atoms with Crippen LogP contribution >= 0.6 is 11.3 Å². The first-order valence-corrected chi connectivity index (χ1v) is 11.7. The average Bonchev–Trinajstić information content (AvgIpc) is 3.52. The molecular formula is C25H27N3O3S. The second-order valence-electron chi connectivity index (χ2n) is 7.82. The van der Waals surface area contributed by atoms with Crippen molar-refractivity contribution in [1.82, 2.24) is 15.2 Å². The van der Waals surface area contributed by atoms with E-state index >= 15 is 0 Å². The van der Waals surface area contributed by atoms with Gasteiger partial charge in [0.05, 0.1) is 19.3 Å². The van der Waals surface area contributed by atoms with Crippen LogP contribution in [0.1, 0.15) is 30.5 Å². The number of hydrogen-bond donors (Lipinski definition) is 1. The Kier molecular flexibility index (Phi) is 7.17. The third kappa shape index (κ3) is 5.34. The zero-order valence-electron chi connectivity index (χ0n) is 18.1. The zero-order chi connectivity index (χ0) is 22.3. The summed E-state index contributed by atoms with van der Waals surface area (Å²) in [6, 6.07) is 17.3. The van der Waals surface area contributed by atoms with Crippen molar-refractivity contribution in [3.05, 3.63) is 71.2 Å². The van der Waals surface area contributed by atoms with Crippen molar-refractivity contribution in [1.29, 1.82) is 0 Å². The van der Waals surface area contributed by atoms with Crippen molar-refractivity contribution in [2.45, 2.75) is 38.3 Å². The number of aryl methyl sites for hydroxylation is 1. The molecule has 0 bridgehead atoms. The fraction of sp³-hybridized carbons (Fsp3) is 0.320. The summed E-state index contributed by atoms with van der Waals surface area (Å²) in [7, 11) is 1.63. The van der Waals surface area contributed by atoms with E-state index in [9.17, 15) is 9.59 Å². The maximum absolute atomic E-state index is 12.8.